The fourth-order valence-corrected chi connectivity index (χ4v) is 3.69. The van der Waals surface area contributed by atoms with E-state index in [1.807, 2.05) is 24.3 Å². The predicted molar refractivity (Wildman–Crippen MR) is 108 cm³/mol. The van der Waals surface area contributed by atoms with Gasteiger partial charge < -0.3 is 18.9 Å². The monoisotopic (exact) mass is 442 g/mol. The van der Waals surface area contributed by atoms with Crippen molar-refractivity contribution in [3.8, 4) is 5.75 Å². The molecule has 0 radical (unpaired) electrons. The molecule has 1 aliphatic rings. The first-order valence-corrected chi connectivity index (χ1v) is 9.87. The number of amides is 1. The summed E-state index contributed by atoms with van der Waals surface area (Å²) in [6.45, 7) is 1.55. The standard InChI is InChI=1S/C23H20F2N2O5/c1-13-17(12-31-20-8-7-16(24)10-18(20)25)21(26-32-13)22(28)27-11-15-6-4-3-5-14(15)9-19(27)23(29)30-2/h3-8,10,19H,9,11-12H2,1-2H3. The molecule has 1 atom stereocenters. The summed E-state index contributed by atoms with van der Waals surface area (Å²) in [5, 5.41) is 3.86. The number of hydrogen-bond donors (Lipinski definition) is 0. The van der Waals surface area contributed by atoms with Crippen LogP contribution in [0.1, 0.15) is 32.9 Å². The molecule has 1 unspecified atom stereocenters. The van der Waals surface area contributed by atoms with Crippen LogP contribution in [0.2, 0.25) is 0 Å². The van der Waals surface area contributed by atoms with E-state index in [0.29, 0.717) is 23.8 Å². The van der Waals surface area contributed by atoms with Crippen molar-refractivity contribution in [2.45, 2.75) is 32.5 Å². The Labute approximate surface area is 182 Å². The Balaban J connectivity index is 1.62. The number of nitrogens with zero attached hydrogens (tertiary/aromatic N) is 2. The number of aromatic nitrogens is 1. The largest absolute Gasteiger partial charge is 0.486 e. The number of esters is 1. The van der Waals surface area contributed by atoms with E-state index in [0.717, 1.165) is 23.3 Å². The summed E-state index contributed by atoms with van der Waals surface area (Å²) in [5.74, 6) is -2.55. The van der Waals surface area contributed by atoms with Gasteiger partial charge in [0, 0.05) is 19.0 Å². The van der Waals surface area contributed by atoms with Crippen molar-refractivity contribution in [3.63, 3.8) is 0 Å². The maximum absolute atomic E-state index is 13.9. The number of methoxy groups -OCH3 is 1. The zero-order valence-corrected chi connectivity index (χ0v) is 17.4. The van der Waals surface area contributed by atoms with Gasteiger partial charge in [-0.05, 0) is 30.2 Å². The first-order chi connectivity index (χ1) is 15.4. The Hall–Kier alpha value is -3.75. The lowest BCUT2D eigenvalue weighted by Crippen LogP contribution is -2.49. The summed E-state index contributed by atoms with van der Waals surface area (Å²) in [7, 11) is 1.27. The zero-order valence-electron chi connectivity index (χ0n) is 17.4. The van der Waals surface area contributed by atoms with Gasteiger partial charge in [0.05, 0.1) is 12.7 Å². The Kier molecular flexibility index (Phi) is 5.89. The van der Waals surface area contributed by atoms with Crippen LogP contribution >= 0.6 is 0 Å². The number of rotatable bonds is 5. The van der Waals surface area contributed by atoms with Crippen molar-refractivity contribution >= 4 is 11.9 Å². The molecule has 32 heavy (non-hydrogen) atoms. The average molecular weight is 442 g/mol. The van der Waals surface area contributed by atoms with Gasteiger partial charge in [0.15, 0.2) is 17.3 Å². The van der Waals surface area contributed by atoms with Crippen LogP contribution in [0.3, 0.4) is 0 Å². The minimum Gasteiger partial charge on any atom is -0.486 e. The molecule has 0 spiro atoms. The van der Waals surface area contributed by atoms with Crippen LogP contribution in [-0.2, 0) is 29.1 Å². The first-order valence-electron chi connectivity index (χ1n) is 9.87. The molecule has 0 saturated carbocycles. The van der Waals surface area contributed by atoms with Crippen LogP contribution < -0.4 is 4.74 Å². The average Bonchev–Trinajstić information content (AvgIpc) is 3.16. The fraction of sp³-hybridized carbons (Fsp3) is 0.261. The number of halogens is 2. The third-order valence-electron chi connectivity index (χ3n) is 5.44. The van der Waals surface area contributed by atoms with Gasteiger partial charge in [0.1, 0.15) is 24.2 Å². The molecule has 1 aliphatic heterocycles. The van der Waals surface area contributed by atoms with Crippen LogP contribution in [0.4, 0.5) is 8.78 Å². The molecule has 3 aromatic rings. The molecule has 0 bridgehead atoms. The summed E-state index contributed by atoms with van der Waals surface area (Å²) in [6, 6.07) is 9.62. The van der Waals surface area contributed by atoms with E-state index in [1.54, 1.807) is 6.92 Å². The molecule has 2 aromatic carbocycles. The highest BCUT2D eigenvalue weighted by Crippen LogP contribution is 2.28. The summed E-state index contributed by atoms with van der Waals surface area (Å²) < 4.78 is 42.6. The van der Waals surface area contributed by atoms with Crippen LogP contribution in [-0.4, -0.2) is 35.1 Å². The van der Waals surface area contributed by atoms with Gasteiger partial charge in [-0.1, -0.05) is 29.4 Å². The van der Waals surface area contributed by atoms with Crippen LogP contribution in [0, 0.1) is 18.6 Å². The smallest absolute Gasteiger partial charge is 0.328 e. The predicted octanol–water partition coefficient (Wildman–Crippen LogP) is 3.58. The molecule has 0 aliphatic carbocycles. The van der Waals surface area contributed by atoms with Gasteiger partial charge in [-0.25, -0.2) is 13.6 Å². The van der Waals surface area contributed by atoms with E-state index in [1.165, 1.54) is 12.0 Å². The number of fused-ring (bicyclic) bond motifs is 1. The van der Waals surface area contributed by atoms with Crippen molar-refractivity contribution < 1.29 is 32.4 Å². The summed E-state index contributed by atoms with van der Waals surface area (Å²) in [4.78, 5) is 27.2. The lowest BCUT2D eigenvalue weighted by Gasteiger charge is -2.34. The van der Waals surface area contributed by atoms with Gasteiger partial charge in [-0.15, -0.1) is 0 Å². The number of carbonyl (C=O) groups excluding carboxylic acids is 2. The minimum absolute atomic E-state index is 0.0432. The Morgan fingerprint density at radius 1 is 1.19 bits per heavy atom. The van der Waals surface area contributed by atoms with E-state index in [-0.39, 0.29) is 24.6 Å². The van der Waals surface area contributed by atoms with Crippen molar-refractivity contribution in [2.75, 3.05) is 7.11 Å². The molecule has 1 aromatic heterocycles. The van der Waals surface area contributed by atoms with E-state index in [9.17, 15) is 18.4 Å². The second-order valence-corrected chi connectivity index (χ2v) is 7.37. The van der Waals surface area contributed by atoms with Crippen molar-refractivity contribution in [2.24, 2.45) is 0 Å². The third kappa shape index (κ3) is 4.05. The fourth-order valence-electron chi connectivity index (χ4n) is 3.69. The number of hydrogen-bond acceptors (Lipinski definition) is 6. The van der Waals surface area contributed by atoms with E-state index < -0.39 is 29.6 Å². The van der Waals surface area contributed by atoms with Crippen molar-refractivity contribution in [3.05, 3.63) is 82.2 Å². The lowest BCUT2D eigenvalue weighted by molar-refractivity contribution is -0.146. The Morgan fingerprint density at radius 3 is 2.66 bits per heavy atom. The van der Waals surface area contributed by atoms with E-state index in [4.69, 9.17) is 14.0 Å². The lowest BCUT2D eigenvalue weighted by atomic mass is 9.93. The summed E-state index contributed by atoms with van der Waals surface area (Å²) in [6.07, 6.45) is 0.304. The number of ether oxygens (including phenoxy) is 2. The van der Waals surface area contributed by atoms with Crippen molar-refractivity contribution in [1.82, 2.24) is 10.1 Å². The third-order valence-corrected chi connectivity index (χ3v) is 5.44. The van der Waals surface area contributed by atoms with E-state index >= 15 is 0 Å². The molecule has 4 rings (SSSR count). The van der Waals surface area contributed by atoms with Gasteiger partial charge in [0.25, 0.3) is 5.91 Å². The maximum Gasteiger partial charge on any atom is 0.328 e. The molecular weight excluding hydrogens is 422 g/mol. The maximum atomic E-state index is 13.9. The molecule has 7 nitrogen and oxygen atoms in total. The first kappa shape index (κ1) is 21.5. The highest BCUT2D eigenvalue weighted by atomic mass is 19.1. The molecule has 1 amide bonds. The number of carbonyl (C=O) groups is 2. The molecule has 166 valence electrons. The van der Waals surface area contributed by atoms with Gasteiger partial charge in [-0.2, -0.15) is 0 Å². The topological polar surface area (TPSA) is 81.9 Å². The van der Waals surface area contributed by atoms with Gasteiger partial charge in [-0.3, -0.25) is 4.79 Å². The molecule has 2 heterocycles. The molecule has 9 heteroatoms. The normalized spacial score (nSPS) is 15.2. The van der Waals surface area contributed by atoms with Crippen LogP contribution in [0.5, 0.6) is 5.75 Å². The second kappa shape index (κ2) is 8.78. The Morgan fingerprint density at radius 2 is 1.94 bits per heavy atom. The highest BCUT2D eigenvalue weighted by molar-refractivity contribution is 5.96. The second-order valence-electron chi connectivity index (χ2n) is 7.37. The van der Waals surface area contributed by atoms with Crippen LogP contribution in [0.25, 0.3) is 0 Å². The Bertz CT molecular complexity index is 1180. The SMILES string of the molecule is COC(=O)C1Cc2ccccc2CN1C(=O)c1noc(C)c1COc1ccc(F)cc1F. The van der Waals surface area contributed by atoms with E-state index in [2.05, 4.69) is 5.16 Å². The molecule has 0 saturated heterocycles. The summed E-state index contributed by atoms with van der Waals surface area (Å²) >= 11 is 0. The van der Waals surface area contributed by atoms with Gasteiger partial charge >= 0.3 is 5.97 Å². The highest BCUT2D eigenvalue weighted by Gasteiger charge is 2.38. The quantitative estimate of drug-likeness (QED) is 0.562. The number of benzene rings is 2. The number of aryl methyl sites for hydroxylation is 1. The molecule has 0 fully saturated rings. The van der Waals surface area contributed by atoms with Crippen LogP contribution in [0.15, 0.2) is 47.0 Å². The minimum atomic E-state index is -0.870. The molecular formula is C23H20F2N2O5. The van der Waals surface area contributed by atoms with Gasteiger partial charge in [0.2, 0.25) is 0 Å². The molecule has 0 N–H and O–H groups in total. The summed E-state index contributed by atoms with van der Waals surface area (Å²) in [5.41, 5.74) is 2.13. The van der Waals surface area contributed by atoms with Crippen molar-refractivity contribution in [1.29, 1.82) is 0 Å². The zero-order chi connectivity index (χ0) is 22.8.